The molecular formula is C11H13NO6. The fraction of sp³-hybridized carbons (Fsp3) is 0.182. The van der Waals surface area contributed by atoms with Gasteiger partial charge in [0.1, 0.15) is 0 Å². The molecule has 0 aliphatic heterocycles. The molecule has 0 saturated carbocycles. The van der Waals surface area contributed by atoms with Crippen LogP contribution in [0.1, 0.15) is 23.2 Å². The van der Waals surface area contributed by atoms with E-state index in [1.807, 2.05) is 0 Å². The van der Waals surface area contributed by atoms with E-state index in [4.69, 9.17) is 21.1 Å². The molecule has 7 heteroatoms. The van der Waals surface area contributed by atoms with Crippen molar-refractivity contribution in [2.24, 2.45) is 0 Å². The number of aliphatic carboxylic acids is 2. The van der Waals surface area contributed by atoms with Crippen LogP contribution in [0.5, 0.6) is 0 Å². The first-order valence-corrected chi connectivity index (χ1v) is 4.85. The summed E-state index contributed by atoms with van der Waals surface area (Å²) in [5.41, 5.74) is 6.17. The maximum Gasteiger partial charge on any atom is 0.335 e. The molecule has 5 N–H and O–H groups in total. The minimum Gasteiger partial charge on any atom is -0.481 e. The molecule has 0 aliphatic carbocycles. The molecule has 0 spiro atoms. The van der Waals surface area contributed by atoms with E-state index in [0.29, 0.717) is 5.69 Å². The summed E-state index contributed by atoms with van der Waals surface area (Å²) in [6.45, 7) is 0. The van der Waals surface area contributed by atoms with Crippen molar-refractivity contribution in [2.75, 3.05) is 5.73 Å². The van der Waals surface area contributed by atoms with Gasteiger partial charge in [-0.1, -0.05) is 0 Å². The lowest BCUT2D eigenvalue weighted by Gasteiger charge is -1.93. The highest BCUT2D eigenvalue weighted by atomic mass is 16.4. The van der Waals surface area contributed by atoms with Gasteiger partial charge in [-0.2, -0.15) is 0 Å². The summed E-state index contributed by atoms with van der Waals surface area (Å²) >= 11 is 0. The molecule has 0 radical (unpaired) electrons. The maximum atomic E-state index is 10.3. The van der Waals surface area contributed by atoms with Crippen molar-refractivity contribution in [3.63, 3.8) is 0 Å². The second kappa shape index (κ2) is 7.66. The Hall–Kier alpha value is -2.57. The van der Waals surface area contributed by atoms with Gasteiger partial charge in [0.15, 0.2) is 0 Å². The van der Waals surface area contributed by atoms with Crippen LogP contribution in [0.3, 0.4) is 0 Å². The molecule has 0 atom stereocenters. The third-order valence-corrected chi connectivity index (χ3v) is 1.71. The van der Waals surface area contributed by atoms with Gasteiger partial charge in [0.05, 0.1) is 18.4 Å². The minimum absolute atomic E-state index is 0.259. The number of hydrogen-bond donors (Lipinski definition) is 4. The maximum absolute atomic E-state index is 10.3. The number of benzene rings is 1. The van der Waals surface area contributed by atoms with Crippen LogP contribution in [-0.4, -0.2) is 33.2 Å². The third-order valence-electron chi connectivity index (χ3n) is 1.71. The Morgan fingerprint density at radius 3 is 1.56 bits per heavy atom. The molecule has 0 aromatic heterocycles. The Bertz CT molecular complexity index is 412. The van der Waals surface area contributed by atoms with E-state index >= 15 is 0 Å². The zero-order chi connectivity index (χ0) is 14.1. The molecule has 1 rings (SSSR count). The highest BCUT2D eigenvalue weighted by Gasteiger charge is 2.00. The summed E-state index contributed by atoms with van der Waals surface area (Å²) in [7, 11) is 0. The van der Waals surface area contributed by atoms with Crippen molar-refractivity contribution in [1.29, 1.82) is 0 Å². The monoisotopic (exact) mass is 255 g/mol. The lowest BCUT2D eigenvalue weighted by molar-refractivity contribution is -0.143. The van der Waals surface area contributed by atoms with Crippen molar-refractivity contribution in [2.45, 2.75) is 12.8 Å². The normalized spacial score (nSPS) is 8.89. The van der Waals surface area contributed by atoms with Gasteiger partial charge >= 0.3 is 17.9 Å². The molecule has 7 nitrogen and oxygen atoms in total. The zero-order valence-electron chi connectivity index (χ0n) is 9.37. The molecule has 1 aromatic carbocycles. The minimum atomic E-state index is -1.08. The molecule has 0 aliphatic rings. The van der Waals surface area contributed by atoms with E-state index in [0.717, 1.165) is 0 Å². The van der Waals surface area contributed by atoms with Crippen molar-refractivity contribution in [1.82, 2.24) is 0 Å². The molecule has 98 valence electrons. The van der Waals surface area contributed by atoms with Gasteiger partial charge in [0.25, 0.3) is 0 Å². The summed E-state index contributed by atoms with van der Waals surface area (Å²) in [6.07, 6.45) is -0.593. The van der Waals surface area contributed by atoms with Crippen LogP contribution in [0.15, 0.2) is 24.3 Å². The Labute approximate surface area is 102 Å². The summed E-state index contributed by atoms with van der Waals surface area (Å²) in [5, 5.41) is 24.2. The molecular weight excluding hydrogens is 242 g/mol. The molecule has 18 heavy (non-hydrogen) atoms. The predicted molar refractivity (Wildman–Crippen MR) is 62.3 cm³/mol. The van der Waals surface area contributed by atoms with Crippen LogP contribution in [0.2, 0.25) is 0 Å². The number of rotatable bonds is 4. The number of nitrogen functional groups attached to an aromatic ring is 1. The van der Waals surface area contributed by atoms with Crippen molar-refractivity contribution in [3.8, 4) is 0 Å². The van der Waals surface area contributed by atoms with Gasteiger partial charge < -0.3 is 21.1 Å². The van der Waals surface area contributed by atoms with E-state index < -0.39 is 17.9 Å². The number of aromatic carboxylic acids is 1. The van der Waals surface area contributed by atoms with Gasteiger partial charge in [-0.15, -0.1) is 0 Å². The Morgan fingerprint density at radius 2 is 1.28 bits per heavy atom. The van der Waals surface area contributed by atoms with E-state index in [1.54, 1.807) is 12.1 Å². The topological polar surface area (TPSA) is 138 Å². The second-order valence-electron chi connectivity index (χ2n) is 3.21. The first-order chi connectivity index (χ1) is 8.32. The average Bonchev–Trinajstić information content (AvgIpc) is 2.28. The first-order valence-electron chi connectivity index (χ1n) is 4.85. The van der Waals surface area contributed by atoms with Crippen LogP contribution < -0.4 is 5.73 Å². The SMILES string of the molecule is Nc1ccc(C(=O)O)cc1.O=C(O)CCC(=O)O. The van der Waals surface area contributed by atoms with Crippen molar-refractivity contribution in [3.05, 3.63) is 29.8 Å². The van der Waals surface area contributed by atoms with Crippen LogP contribution in [0, 0.1) is 0 Å². The number of carbonyl (C=O) groups is 3. The van der Waals surface area contributed by atoms with Gasteiger partial charge in [-0.3, -0.25) is 9.59 Å². The van der Waals surface area contributed by atoms with E-state index in [9.17, 15) is 14.4 Å². The zero-order valence-corrected chi connectivity index (χ0v) is 9.37. The second-order valence-corrected chi connectivity index (χ2v) is 3.21. The molecule has 0 unspecified atom stereocenters. The highest BCUT2D eigenvalue weighted by Crippen LogP contribution is 2.04. The smallest absolute Gasteiger partial charge is 0.335 e. The van der Waals surface area contributed by atoms with Gasteiger partial charge in [-0.25, -0.2) is 4.79 Å². The molecule has 0 saturated heterocycles. The Balaban J connectivity index is 0.000000331. The summed E-state index contributed by atoms with van der Waals surface area (Å²) in [4.78, 5) is 29.6. The molecule has 0 bridgehead atoms. The molecule has 0 amide bonds. The Kier molecular flexibility index (Phi) is 6.57. The average molecular weight is 255 g/mol. The van der Waals surface area contributed by atoms with Crippen LogP contribution in [-0.2, 0) is 9.59 Å². The number of hydrogen-bond acceptors (Lipinski definition) is 4. The van der Waals surface area contributed by atoms with Crippen LogP contribution in [0.4, 0.5) is 5.69 Å². The molecule has 0 heterocycles. The summed E-state index contributed by atoms with van der Waals surface area (Å²) in [6, 6.07) is 6.06. The quantitative estimate of drug-likeness (QED) is 0.586. The largest absolute Gasteiger partial charge is 0.481 e. The summed E-state index contributed by atoms with van der Waals surface area (Å²) < 4.78 is 0. The number of anilines is 1. The highest BCUT2D eigenvalue weighted by molar-refractivity contribution is 5.87. The fourth-order valence-electron chi connectivity index (χ4n) is 0.840. The Morgan fingerprint density at radius 1 is 0.889 bits per heavy atom. The predicted octanol–water partition coefficient (Wildman–Crippen LogP) is 0.903. The number of carboxylic acid groups (broad SMARTS) is 3. The van der Waals surface area contributed by atoms with E-state index in [2.05, 4.69) is 0 Å². The standard InChI is InChI=1S/C7H7NO2.C4H6O4/c8-6-3-1-5(2-4-6)7(9)10;5-3(6)1-2-4(7)8/h1-4H,8H2,(H,9,10);1-2H2,(H,5,6)(H,7,8). The number of nitrogens with two attached hydrogens (primary N) is 1. The summed E-state index contributed by atoms with van der Waals surface area (Å²) in [5.74, 6) is -3.08. The third kappa shape index (κ3) is 7.69. The van der Waals surface area contributed by atoms with Gasteiger partial charge in [0, 0.05) is 5.69 Å². The van der Waals surface area contributed by atoms with Gasteiger partial charge in [0.2, 0.25) is 0 Å². The first kappa shape index (κ1) is 15.4. The lowest BCUT2D eigenvalue weighted by Crippen LogP contribution is -2.00. The van der Waals surface area contributed by atoms with Crippen LogP contribution in [0.25, 0.3) is 0 Å². The van der Waals surface area contributed by atoms with E-state index in [-0.39, 0.29) is 18.4 Å². The lowest BCUT2D eigenvalue weighted by atomic mass is 10.2. The van der Waals surface area contributed by atoms with E-state index in [1.165, 1.54) is 12.1 Å². The fourth-order valence-corrected chi connectivity index (χ4v) is 0.840. The van der Waals surface area contributed by atoms with Crippen molar-refractivity contribution >= 4 is 23.6 Å². The molecule has 1 aromatic rings. The van der Waals surface area contributed by atoms with Crippen molar-refractivity contribution < 1.29 is 29.7 Å². The molecule has 0 fully saturated rings. The van der Waals surface area contributed by atoms with Gasteiger partial charge in [-0.05, 0) is 24.3 Å². The van der Waals surface area contributed by atoms with Crippen LogP contribution >= 0.6 is 0 Å². The number of carboxylic acids is 3.